The maximum Gasteiger partial charge on any atom is 0.235 e. The molecule has 0 heterocycles. The number of halogens is 1. The summed E-state index contributed by atoms with van der Waals surface area (Å²) in [5, 5.41) is 3.29. The second-order valence-corrected chi connectivity index (χ2v) is 8.00. The van der Waals surface area contributed by atoms with Crippen molar-refractivity contribution in [2.24, 2.45) is 0 Å². The summed E-state index contributed by atoms with van der Waals surface area (Å²) in [5.74, 6) is -0.381. The Bertz CT molecular complexity index is 778. The maximum atomic E-state index is 11.9. The van der Waals surface area contributed by atoms with Crippen LogP contribution in [0.2, 0.25) is 5.02 Å². The molecule has 0 aliphatic carbocycles. The standard InChI is InChI=1S/C18H21ClN2O3S/c19-17-10-8-16(9-11-17)13-20-18(22)14-21-25(23,24)12-4-7-15-5-2-1-3-6-15/h1-3,5-6,8-11,21H,4,7,12-14H2,(H,20,22). The molecule has 7 heteroatoms. The van der Waals surface area contributed by atoms with Gasteiger partial charge in [0.25, 0.3) is 0 Å². The molecule has 0 unspecified atom stereocenters. The Balaban J connectivity index is 1.67. The highest BCUT2D eigenvalue weighted by Crippen LogP contribution is 2.09. The number of amides is 1. The molecule has 0 bridgehead atoms. The van der Waals surface area contributed by atoms with E-state index in [0.717, 1.165) is 11.1 Å². The minimum Gasteiger partial charge on any atom is -0.351 e. The van der Waals surface area contributed by atoms with E-state index in [4.69, 9.17) is 11.6 Å². The van der Waals surface area contributed by atoms with Gasteiger partial charge in [-0.1, -0.05) is 54.1 Å². The average Bonchev–Trinajstić information content (AvgIpc) is 2.60. The van der Waals surface area contributed by atoms with Crippen LogP contribution in [0.1, 0.15) is 17.5 Å². The van der Waals surface area contributed by atoms with Crippen molar-refractivity contribution in [3.05, 3.63) is 70.7 Å². The number of hydrogen-bond acceptors (Lipinski definition) is 3. The van der Waals surface area contributed by atoms with E-state index >= 15 is 0 Å². The van der Waals surface area contributed by atoms with Gasteiger partial charge in [0.1, 0.15) is 0 Å². The van der Waals surface area contributed by atoms with Gasteiger partial charge < -0.3 is 5.32 Å². The Hall–Kier alpha value is -1.89. The predicted octanol–water partition coefficient (Wildman–Crippen LogP) is 2.51. The lowest BCUT2D eigenvalue weighted by molar-refractivity contribution is -0.120. The van der Waals surface area contributed by atoms with Crippen molar-refractivity contribution in [3.63, 3.8) is 0 Å². The van der Waals surface area contributed by atoms with Crippen molar-refractivity contribution in [1.29, 1.82) is 0 Å². The first kappa shape index (κ1) is 19.4. The highest BCUT2D eigenvalue weighted by Gasteiger charge is 2.12. The fourth-order valence-corrected chi connectivity index (χ4v) is 3.37. The van der Waals surface area contributed by atoms with Crippen LogP contribution in [-0.4, -0.2) is 26.6 Å². The number of sulfonamides is 1. The fourth-order valence-electron chi connectivity index (χ4n) is 2.22. The molecule has 0 fully saturated rings. The molecule has 2 aromatic rings. The molecule has 0 spiro atoms. The van der Waals surface area contributed by atoms with Crippen molar-refractivity contribution in [3.8, 4) is 0 Å². The molecule has 25 heavy (non-hydrogen) atoms. The SMILES string of the molecule is O=C(CNS(=O)(=O)CCCc1ccccc1)NCc1ccc(Cl)cc1. The smallest absolute Gasteiger partial charge is 0.235 e. The Kier molecular flexibility index (Phi) is 7.43. The van der Waals surface area contributed by atoms with E-state index in [1.807, 2.05) is 30.3 Å². The van der Waals surface area contributed by atoms with E-state index in [1.54, 1.807) is 24.3 Å². The van der Waals surface area contributed by atoms with E-state index in [0.29, 0.717) is 24.4 Å². The molecule has 2 rings (SSSR count). The summed E-state index contributed by atoms with van der Waals surface area (Å²) < 4.78 is 26.2. The summed E-state index contributed by atoms with van der Waals surface area (Å²) in [5.41, 5.74) is 1.99. The topological polar surface area (TPSA) is 75.3 Å². The predicted molar refractivity (Wildman–Crippen MR) is 99.9 cm³/mol. The summed E-state index contributed by atoms with van der Waals surface area (Å²) in [7, 11) is -3.46. The third-order valence-electron chi connectivity index (χ3n) is 3.58. The van der Waals surface area contributed by atoms with Crippen molar-refractivity contribution < 1.29 is 13.2 Å². The first-order valence-electron chi connectivity index (χ1n) is 7.97. The minimum absolute atomic E-state index is 0.00758. The number of benzene rings is 2. The highest BCUT2D eigenvalue weighted by molar-refractivity contribution is 7.89. The van der Waals surface area contributed by atoms with Crippen LogP contribution in [0, 0.1) is 0 Å². The second-order valence-electron chi connectivity index (χ2n) is 5.63. The number of carbonyl (C=O) groups is 1. The van der Waals surface area contributed by atoms with Crippen molar-refractivity contribution in [1.82, 2.24) is 10.0 Å². The Morgan fingerprint density at radius 1 is 0.960 bits per heavy atom. The van der Waals surface area contributed by atoms with Crippen molar-refractivity contribution >= 4 is 27.5 Å². The monoisotopic (exact) mass is 380 g/mol. The molecule has 0 aliphatic heterocycles. The first-order valence-corrected chi connectivity index (χ1v) is 10.00. The normalized spacial score (nSPS) is 11.2. The third-order valence-corrected chi connectivity index (χ3v) is 5.24. The zero-order chi connectivity index (χ0) is 18.1. The molecule has 2 N–H and O–H groups in total. The lowest BCUT2D eigenvalue weighted by atomic mass is 10.1. The summed E-state index contributed by atoms with van der Waals surface area (Å²) in [6, 6.07) is 16.8. The van der Waals surface area contributed by atoms with Crippen LogP contribution < -0.4 is 10.0 Å². The zero-order valence-corrected chi connectivity index (χ0v) is 15.3. The molecule has 0 aromatic heterocycles. The second kappa shape index (κ2) is 9.56. The zero-order valence-electron chi connectivity index (χ0n) is 13.7. The molecule has 134 valence electrons. The van der Waals surface area contributed by atoms with Crippen LogP contribution in [0.4, 0.5) is 0 Å². The van der Waals surface area contributed by atoms with Gasteiger partial charge in [-0.25, -0.2) is 13.1 Å². The number of rotatable bonds is 9. The van der Waals surface area contributed by atoms with Crippen molar-refractivity contribution in [2.75, 3.05) is 12.3 Å². The van der Waals surface area contributed by atoms with Crippen LogP contribution in [-0.2, 0) is 27.8 Å². The van der Waals surface area contributed by atoms with Gasteiger partial charge in [-0.3, -0.25) is 4.79 Å². The lowest BCUT2D eigenvalue weighted by Gasteiger charge is -2.08. The van der Waals surface area contributed by atoms with Gasteiger partial charge >= 0.3 is 0 Å². The summed E-state index contributed by atoms with van der Waals surface area (Å²) in [4.78, 5) is 11.8. The highest BCUT2D eigenvalue weighted by atomic mass is 35.5. The Labute approximate surface area is 153 Å². The van der Waals surface area contributed by atoms with E-state index in [-0.39, 0.29) is 18.2 Å². The molecular weight excluding hydrogens is 360 g/mol. The van der Waals surface area contributed by atoms with Gasteiger partial charge in [-0.15, -0.1) is 0 Å². The molecule has 0 aliphatic rings. The fraction of sp³-hybridized carbons (Fsp3) is 0.278. The molecule has 0 saturated carbocycles. The molecule has 0 atom stereocenters. The van der Waals surface area contributed by atoms with Crippen LogP contribution >= 0.6 is 11.6 Å². The Morgan fingerprint density at radius 2 is 1.64 bits per heavy atom. The van der Waals surface area contributed by atoms with Crippen LogP contribution in [0.3, 0.4) is 0 Å². The third kappa shape index (κ3) is 7.69. The van der Waals surface area contributed by atoms with Crippen molar-refractivity contribution in [2.45, 2.75) is 19.4 Å². The number of carbonyl (C=O) groups excluding carboxylic acids is 1. The lowest BCUT2D eigenvalue weighted by Crippen LogP contribution is -2.37. The van der Waals surface area contributed by atoms with Crippen LogP contribution in [0.25, 0.3) is 0 Å². The Morgan fingerprint density at radius 3 is 2.32 bits per heavy atom. The van der Waals surface area contributed by atoms with Gasteiger partial charge in [0, 0.05) is 11.6 Å². The van der Waals surface area contributed by atoms with E-state index in [1.165, 1.54) is 0 Å². The molecule has 1 amide bonds. The summed E-state index contributed by atoms with van der Waals surface area (Å²) >= 11 is 5.79. The summed E-state index contributed by atoms with van der Waals surface area (Å²) in [6.45, 7) is 0.0625. The molecule has 0 radical (unpaired) electrons. The number of hydrogen-bond donors (Lipinski definition) is 2. The van der Waals surface area contributed by atoms with Gasteiger partial charge in [0.15, 0.2) is 0 Å². The quantitative estimate of drug-likeness (QED) is 0.701. The van der Waals surface area contributed by atoms with E-state index in [2.05, 4.69) is 10.0 Å². The maximum absolute atomic E-state index is 11.9. The first-order chi connectivity index (χ1) is 11.9. The van der Waals surface area contributed by atoms with Gasteiger partial charge in [0.05, 0.1) is 12.3 Å². The van der Waals surface area contributed by atoms with Crippen LogP contribution in [0.15, 0.2) is 54.6 Å². The molecular formula is C18H21ClN2O3S. The minimum atomic E-state index is -3.46. The van der Waals surface area contributed by atoms with Gasteiger partial charge in [0.2, 0.25) is 15.9 Å². The van der Waals surface area contributed by atoms with E-state index < -0.39 is 10.0 Å². The average molecular weight is 381 g/mol. The molecule has 0 saturated heterocycles. The summed E-state index contributed by atoms with van der Waals surface area (Å²) in [6.07, 6.45) is 1.19. The van der Waals surface area contributed by atoms with Gasteiger partial charge in [-0.2, -0.15) is 0 Å². The van der Waals surface area contributed by atoms with Gasteiger partial charge in [-0.05, 0) is 36.1 Å². The largest absolute Gasteiger partial charge is 0.351 e. The molecule has 5 nitrogen and oxygen atoms in total. The molecule has 2 aromatic carbocycles. The van der Waals surface area contributed by atoms with E-state index in [9.17, 15) is 13.2 Å². The van der Waals surface area contributed by atoms with Crippen LogP contribution in [0.5, 0.6) is 0 Å². The number of nitrogens with one attached hydrogen (secondary N) is 2. The number of aryl methyl sites for hydroxylation is 1.